The average Bonchev–Trinajstić information content (AvgIpc) is 2.92. The van der Waals surface area contributed by atoms with Gasteiger partial charge in [-0.3, -0.25) is 0 Å². The van der Waals surface area contributed by atoms with Gasteiger partial charge in [0.15, 0.2) is 17.0 Å². The van der Waals surface area contributed by atoms with Gasteiger partial charge in [-0.15, -0.1) is 11.6 Å². The molecule has 0 unspecified atom stereocenters. The van der Waals surface area contributed by atoms with E-state index < -0.39 is 5.97 Å². The van der Waals surface area contributed by atoms with Gasteiger partial charge in [0.1, 0.15) is 6.33 Å². The SMILES string of the molecule is Cc1ccc(C(=O)O)c(Nc2ncnc3c2ncn3CCCl)c1. The van der Waals surface area contributed by atoms with Gasteiger partial charge < -0.3 is 15.0 Å². The van der Waals surface area contributed by atoms with E-state index in [9.17, 15) is 9.90 Å². The Bertz CT molecular complexity index is 877. The number of imidazole rings is 1. The summed E-state index contributed by atoms with van der Waals surface area (Å²) in [6.45, 7) is 2.47. The lowest BCUT2D eigenvalue weighted by Gasteiger charge is -2.10. The fourth-order valence-corrected chi connectivity index (χ4v) is 2.48. The number of rotatable bonds is 5. The first kappa shape index (κ1) is 15.2. The maximum absolute atomic E-state index is 11.4. The van der Waals surface area contributed by atoms with Crippen molar-refractivity contribution in [3.8, 4) is 0 Å². The number of halogens is 1. The number of anilines is 2. The van der Waals surface area contributed by atoms with Gasteiger partial charge in [0.05, 0.1) is 17.6 Å². The lowest BCUT2D eigenvalue weighted by Crippen LogP contribution is -2.05. The minimum Gasteiger partial charge on any atom is -0.478 e. The van der Waals surface area contributed by atoms with Gasteiger partial charge in [-0.05, 0) is 24.6 Å². The summed E-state index contributed by atoms with van der Waals surface area (Å²) in [5.41, 5.74) is 2.78. The molecule has 1 aromatic carbocycles. The van der Waals surface area contributed by atoms with Crippen molar-refractivity contribution in [2.45, 2.75) is 13.5 Å². The van der Waals surface area contributed by atoms with E-state index in [1.165, 1.54) is 6.33 Å². The standard InChI is InChI=1S/C15H14ClN5O2/c1-9-2-3-10(15(22)23)11(6-9)20-13-12-14(18-7-17-13)21(5-4-16)8-19-12/h2-3,6-8H,4-5H2,1H3,(H,22,23)(H,17,18,20). The molecule has 0 bridgehead atoms. The highest BCUT2D eigenvalue weighted by Crippen LogP contribution is 2.25. The van der Waals surface area contributed by atoms with Gasteiger partial charge in [-0.2, -0.15) is 0 Å². The lowest BCUT2D eigenvalue weighted by atomic mass is 10.1. The summed E-state index contributed by atoms with van der Waals surface area (Å²) in [4.78, 5) is 24.1. The minimum atomic E-state index is -1.01. The second kappa shape index (κ2) is 6.21. The summed E-state index contributed by atoms with van der Waals surface area (Å²) in [5, 5.41) is 12.4. The number of carboxylic acid groups (broad SMARTS) is 1. The third-order valence-electron chi connectivity index (χ3n) is 3.39. The number of carboxylic acids is 1. The Hall–Kier alpha value is -2.67. The van der Waals surface area contributed by atoms with E-state index >= 15 is 0 Å². The zero-order chi connectivity index (χ0) is 16.4. The Morgan fingerprint density at radius 2 is 2.17 bits per heavy atom. The van der Waals surface area contributed by atoms with Crippen LogP contribution in [0, 0.1) is 6.92 Å². The summed E-state index contributed by atoms with van der Waals surface area (Å²) < 4.78 is 1.82. The van der Waals surface area contributed by atoms with Crippen molar-refractivity contribution in [2.75, 3.05) is 11.2 Å². The van der Waals surface area contributed by atoms with Gasteiger partial charge in [-0.25, -0.2) is 19.7 Å². The highest BCUT2D eigenvalue weighted by atomic mass is 35.5. The number of fused-ring (bicyclic) bond motifs is 1. The van der Waals surface area contributed by atoms with Crippen LogP contribution in [0.15, 0.2) is 30.9 Å². The fourth-order valence-electron chi connectivity index (χ4n) is 2.30. The van der Waals surface area contributed by atoms with Crippen molar-refractivity contribution in [3.05, 3.63) is 42.0 Å². The zero-order valence-corrected chi connectivity index (χ0v) is 13.1. The zero-order valence-electron chi connectivity index (χ0n) is 12.3. The molecule has 2 heterocycles. The fraction of sp³-hybridized carbons (Fsp3) is 0.200. The number of hydrogen-bond donors (Lipinski definition) is 2. The summed E-state index contributed by atoms with van der Waals surface area (Å²) >= 11 is 5.76. The molecule has 8 heteroatoms. The molecule has 23 heavy (non-hydrogen) atoms. The summed E-state index contributed by atoms with van der Waals surface area (Å²) in [5.74, 6) is -0.110. The number of carbonyl (C=O) groups is 1. The molecular weight excluding hydrogens is 318 g/mol. The normalized spacial score (nSPS) is 10.9. The van der Waals surface area contributed by atoms with Crippen LogP contribution >= 0.6 is 11.6 Å². The summed E-state index contributed by atoms with van der Waals surface area (Å²) in [6, 6.07) is 5.07. The monoisotopic (exact) mass is 331 g/mol. The Balaban J connectivity index is 2.06. The molecule has 118 valence electrons. The van der Waals surface area contributed by atoms with Crippen LogP contribution in [0.1, 0.15) is 15.9 Å². The van der Waals surface area contributed by atoms with Crippen LogP contribution in [-0.2, 0) is 6.54 Å². The maximum atomic E-state index is 11.4. The molecule has 3 rings (SSSR count). The van der Waals surface area contributed by atoms with E-state index in [1.54, 1.807) is 24.5 Å². The summed E-state index contributed by atoms with van der Waals surface area (Å²) in [6.07, 6.45) is 3.05. The van der Waals surface area contributed by atoms with E-state index in [2.05, 4.69) is 20.3 Å². The highest BCUT2D eigenvalue weighted by Gasteiger charge is 2.14. The van der Waals surface area contributed by atoms with Crippen LogP contribution in [0.25, 0.3) is 11.2 Å². The van der Waals surface area contributed by atoms with E-state index in [4.69, 9.17) is 11.6 Å². The van der Waals surface area contributed by atoms with Crippen molar-refractivity contribution in [1.82, 2.24) is 19.5 Å². The van der Waals surface area contributed by atoms with Crippen molar-refractivity contribution < 1.29 is 9.90 Å². The van der Waals surface area contributed by atoms with Crippen molar-refractivity contribution >= 4 is 40.2 Å². The molecule has 2 aromatic heterocycles. The molecule has 0 aliphatic carbocycles. The number of nitrogens with zero attached hydrogens (tertiary/aromatic N) is 4. The Morgan fingerprint density at radius 1 is 1.35 bits per heavy atom. The topological polar surface area (TPSA) is 92.9 Å². The number of alkyl halides is 1. The predicted molar refractivity (Wildman–Crippen MR) is 87.5 cm³/mol. The first-order valence-corrected chi connectivity index (χ1v) is 7.46. The quantitative estimate of drug-likeness (QED) is 0.698. The highest BCUT2D eigenvalue weighted by molar-refractivity contribution is 6.17. The van der Waals surface area contributed by atoms with Crippen molar-refractivity contribution in [1.29, 1.82) is 0 Å². The third kappa shape index (κ3) is 2.95. The number of aryl methyl sites for hydroxylation is 2. The molecule has 0 fully saturated rings. The number of hydrogen-bond acceptors (Lipinski definition) is 5. The van der Waals surface area contributed by atoms with E-state index in [-0.39, 0.29) is 5.56 Å². The molecule has 0 spiro atoms. The molecule has 3 aromatic rings. The average molecular weight is 332 g/mol. The molecule has 2 N–H and O–H groups in total. The maximum Gasteiger partial charge on any atom is 0.337 e. The first-order valence-electron chi connectivity index (χ1n) is 6.93. The molecule has 0 atom stereocenters. The van der Waals surface area contributed by atoms with Gasteiger partial charge in [0, 0.05) is 12.4 Å². The number of nitrogens with one attached hydrogen (secondary N) is 1. The largest absolute Gasteiger partial charge is 0.478 e. The molecule has 0 radical (unpaired) electrons. The van der Waals surface area contributed by atoms with Crippen LogP contribution in [0.2, 0.25) is 0 Å². The molecule has 0 aliphatic heterocycles. The van der Waals surface area contributed by atoms with E-state index in [0.717, 1.165) is 5.56 Å². The second-order valence-corrected chi connectivity index (χ2v) is 5.38. The van der Waals surface area contributed by atoms with Crippen molar-refractivity contribution in [2.24, 2.45) is 0 Å². The third-order valence-corrected chi connectivity index (χ3v) is 3.55. The van der Waals surface area contributed by atoms with Crippen LogP contribution in [0.5, 0.6) is 0 Å². The Morgan fingerprint density at radius 3 is 2.91 bits per heavy atom. The van der Waals surface area contributed by atoms with E-state index in [0.29, 0.717) is 35.1 Å². The molecule has 0 saturated carbocycles. The van der Waals surface area contributed by atoms with Crippen LogP contribution in [0.4, 0.5) is 11.5 Å². The molecule has 0 aliphatic rings. The van der Waals surface area contributed by atoms with Crippen LogP contribution in [-0.4, -0.2) is 36.5 Å². The lowest BCUT2D eigenvalue weighted by molar-refractivity contribution is 0.0698. The minimum absolute atomic E-state index is 0.169. The Labute approximate surface area is 137 Å². The molecule has 7 nitrogen and oxygen atoms in total. The number of benzene rings is 1. The van der Waals surface area contributed by atoms with Gasteiger partial charge in [-0.1, -0.05) is 6.07 Å². The Kier molecular flexibility index (Phi) is 4.12. The van der Waals surface area contributed by atoms with Gasteiger partial charge in [0.25, 0.3) is 0 Å². The van der Waals surface area contributed by atoms with Crippen LogP contribution < -0.4 is 5.32 Å². The molecule has 0 saturated heterocycles. The predicted octanol–water partition coefficient (Wildman–Crippen LogP) is 2.82. The summed E-state index contributed by atoms with van der Waals surface area (Å²) in [7, 11) is 0. The molecular formula is C15H14ClN5O2. The van der Waals surface area contributed by atoms with Gasteiger partial charge in [0.2, 0.25) is 0 Å². The number of aromatic carboxylic acids is 1. The van der Waals surface area contributed by atoms with E-state index in [1.807, 2.05) is 11.5 Å². The second-order valence-electron chi connectivity index (χ2n) is 5.00. The number of aromatic nitrogens is 4. The van der Waals surface area contributed by atoms with Crippen molar-refractivity contribution in [3.63, 3.8) is 0 Å². The first-order chi connectivity index (χ1) is 11.1. The van der Waals surface area contributed by atoms with Gasteiger partial charge >= 0.3 is 5.97 Å². The molecule has 0 amide bonds. The van der Waals surface area contributed by atoms with Crippen LogP contribution in [0.3, 0.4) is 0 Å². The smallest absolute Gasteiger partial charge is 0.337 e.